The van der Waals surface area contributed by atoms with E-state index in [1.165, 1.54) is 25.7 Å². The van der Waals surface area contributed by atoms with E-state index in [0.29, 0.717) is 19.3 Å². The molecule has 0 amide bonds. The van der Waals surface area contributed by atoms with Crippen molar-refractivity contribution >= 4 is 17.9 Å². The minimum absolute atomic E-state index is 0.0960. The Hall–Kier alpha value is -3.41. The molecule has 0 spiro atoms. The molecule has 1 atom stereocenters. The Kier molecular flexibility index (Phi) is 41.6. The van der Waals surface area contributed by atoms with Crippen molar-refractivity contribution < 1.29 is 28.6 Å². The van der Waals surface area contributed by atoms with E-state index in [9.17, 15) is 14.4 Å². The van der Waals surface area contributed by atoms with Crippen LogP contribution in [0, 0.1) is 0 Å². The molecule has 0 saturated carbocycles. The van der Waals surface area contributed by atoms with Gasteiger partial charge >= 0.3 is 17.9 Å². The maximum Gasteiger partial charge on any atom is 0.306 e. The van der Waals surface area contributed by atoms with Gasteiger partial charge in [0.15, 0.2) is 6.10 Å². The van der Waals surface area contributed by atoms with E-state index in [0.717, 1.165) is 128 Å². The third-order valence-corrected chi connectivity index (χ3v) is 9.21. The standard InChI is InChI=1S/C50H82O6/c1-4-7-10-13-16-19-22-24-25-26-29-31-34-37-40-43-49(52)55-46-47(45-54-48(51)42-39-36-33-30-27-21-18-15-12-9-6-3)56-50(53)44-41-38-35-32-28-23-20-17-14-11-8-5-2/h7-8,10-11,13,15-20,22,24-25,47H,4-6,9,12,14,21,23,26-46H2,1-3H3/b10-7-,11-8-,16-13-,18-15-,20-17-,22-19-,25-24-. The Labute approximate surface area is 344 Å². The van der Waals surface area contributed by atoms with Crippen LogP contribution in [-0.2, 0) is 28.6 Å². The van der Waals surface area contributed by atoms with Gasteiger partial charge in [0.25, 0.3) is 0 Å². The molecule has 0 aromatic rings. The van der Waals surface area contributed by atoms with Gasteiger partial charge in [-0.15, -0.1) is 0 Å². The number of carbonyl (C=O) groups is 3. The zero-order chi connectivity index (χ0) is 40.8. The van der Waals surface area contributed by atoms with Crippen LogP contribution in [0.1, 0.15) is 194 Å². The summed E-state index contributed by atoms with van der Waals surface area (Å²) >= 11 is 0. The molecule has 0 rings (SSSR count). The molecule has 0 heterocycles. The second kappa shape index (κ2) is 44.3. The number of rotatable bonds is 39. The van der Waals surface area contributed by atoms with Crippen LogP contribution in [0.3, 0.4) is 0 Å². The molecule has 0 N–H and O–H groups in total. The summed E-state index contributed by atoms with van der Waals surface area (Å²) < 4.78 is 16.7. The SMILES string of the molecule is CC\C=C/C=C\C=C/C=C\CCCCCCCC(=O)OCC(COC(=O)CCCCCCC/C=C\CCCC)OC(=O)CCCCCCC/C=C\C/C=C\CC. The molecule has 0 fully saturated rings. The van der Waals surface area contributed by atoms with Gasteiger partial charge in [0.2, 0.25) is 0 Å². The van der Waals surface area contributed by atoms with E-state index >= 15 is 0 Å². The van der Waals surface area contributed by atoms with Crippen molar-refractivity contribution in [3.63, 3.8) is 0 Å². The third-order valence-electron chi connectivity index (χ3n) is 9.21. The number of esters is 3. The predicted molar refractivity (Wildman–Crippen MR) is 237 cm³/mol. The summed E-state index contributed by atoms with van der Waals surface area (Å²) in [6.45, 7) is 6.28. The molecule has 0 saturated heterocycles. The van der Waals surface area contributed by atoms with Crippen molar-refractivity contribution in [2.75, 3.05) is 13.2 Å². The molecule has 0 aromatic heterocycles. The molecule has 0 aliphatic carbocycles. The predicted octanol–water partition coefficient (Wildman–Crippen LogP) is 14.5. The van der Waals surface area contributed by atoms with Crippen LogP contribution in [0.15, 0.2) is 85.1 Å². The Morgan fingerprint density at radius 2 is 0.786 bits per heavy atom. The lowest BCUT2D eigenvalue weighted by atomic mass is 10.1. The maximum absolute atomic E-state index is 12.7. The minimum atomic E-state index is -0.795. The van der Waals surface area contributed by atoms with Crippen molar-refractivity contribution in [3.8, 4) is 0 Å². The zero-order valence-corrected chi connectivity index (χ0v) is 36.1. The van der Waals surface area contributed by atoms with Crippen molar-refractivity contribution in [1.29, 1.82) is 0 Å². The largest absolute Gasteiger partial charge is 0.462 e. The smallest absolute Gasteiger partial charge is 0.306 e. The fourth-order valence-electron chi connectivity index (χ4n) is 5.82. The normalized spacial score (nSPS) is 12.8. The average molecular weight is 779 g/mol. The fourth-order valence-corrected chi connectivity index (χ4v) is 5.82. The van der Waals surface area contributed by atoms with Crippen molar-refractivity contribution in [1.82, 2.24) is 0 Å². The molecule has 0 aliphatic rings. The molecule has 1 unspecified atom stereocenters. The number of allylic oxidation sites excluding steroid dienone is 14. The number of ether oxygens (including phenoxy) is 3. The first-order chi connectivity index (χ1) is 27.5. The number of carbonyl (C=O) groups excluding carboxylic acids is 3. The molecular weight excluding hydrogens is 697 g/mol. The van der Waals surface area contributed by atoms with Gasteiger partial charge in [-0.05, 0) is 83.5 Å². The first-order valence-electron chi connectivity index (χ1n) is 22.6. The second-order valence-electron chi connectivity index (χ2n) is 14.6. The second-order valence-corrected chi connectivity index (χ2v) is 14.6. The van der Waals surface area contributed by atoms with Gasteiger partial charge < -0.3 is 14.2 Å². The Bertz CT molecular complexity index is 1120. The van der Waals surface area contributed by atoms with Crippen LogP contribution in [0.4, 0.5) is 0 Å². The molecule has 0 bridgehead atoms. The molecule has 0 radical (unpaired) electrons. The highest BCUT2D eigenvalue weighted by atomic mass is 16.6. The summed E-state index contributed by atoms with van der Waals surface area (Å²) in [5.41, 5.74) is 0. The number of hydrogen-bond acceptors (Lipinski definition) is 6. The minimum Gasteiger partial charge on any atom is -0.462 e. The highest BCUT2D eigenvalue weighted by Crippen LogP contribution is 2.13. The first kappa shape index (κ1) is 52.6. The maximum atomic E-state index is 12.7. The molecule has 56 heavy (non-hydrogen) atoms. The molecule has 6 heteroatoms. The summed E-state index contributed by atoms with van der Waals surface area (Å²) in [5, 5.41) is 0. The van der Waals surface area contributed by atoms with Crippen LogP contribution in [-0.4, -0.2) is 37.2 Å². The van der Waals surface area contributed by atoms with E-state index in [1.54, 1.807) is 0 Å². The first-order valence-corrected chi connectivity index (χ1v) is 22.6. The fraction of sp³-hybridized carbons (Fsp3) is 0.660. The van der Waals surface area contributed by atoms with Crippen LogP contribution in [0.25, 0.3) is 0 Å². The summed E-state index contributed by atoms with van der Waals surface area (Å²) in [6, 6.07) is 0. The zero-order valence-electron chi connectivity index (χ0n) is 36.1. The van der Waals surface area contributed by atoms with Gasteiger partial charge in [-0.1, -0.05) is 176 Å². The van der Waals surface area contributed by atoms with Gasteiger partial charge in [0, 0.05) is 19.3 Å². The van der Waals surface area contributed by atoms with Crippen molar-refractivity contribution in [2.24, 2.45) is 0 Å². The van der Waals surface area contributed by atoms with Gasteiger partial charge in [-0.2, -0.15) is 0 Å². The summed E-state index contributed by atoms with van der Waals surface area (Å²) in [4.78, 5) is 37.7. The highest BCUT2D eigenvalue weighted by Gasteiger charge is 2.19. The van der Waals surface area contributed by atoms with E-state index in [1.807, 2.05) is 24.3 Å². The van der Waals surface area contributed by atoms with E-state index in [-0.39, 0.29) is 31.1 Å². The van der Waals surface area contributed by atoms with Crippen LogP contribution in [0.5, 0.6) is 0 Å². The van der Waals surface area contributed by atoms with E-state index in [4.69, 9.17) is 14.2 Å². The number of unbranched alkanes of at least 4 members (excludes halogenated alkanes) is 17. The quantitative estimate of drug-likeness (QED) is 0.0203. The van der Waals surface area contributed by atoms with Gasteiger partial charge in [0.05, 0.1) is 0 Å². The lowest BCUT2D eigenvalue weighted by molar-refractivity contribution is -0.167. The summed E-state index contributed by atoms with van der Waals surface area (Å²) in [5.74, 6) is -0.953. The molecular formula is C50H82O6. The van der Waals surface area contributed by atoms with Gasteiger partial charge in [-0.25, -0.2) is 0 Å². The van der Waals surface area contributed by atoms with Gasteiger partial charge in [0.1, 0.15) is 13.2 Å². The summed E-state index contributed by atoms with van der Waals surface area (Å²) in [6.07, 6.45) is 55.6. The van der Waals surface area contributed by atoms with E-state index in [2.05, 4.69) is 81.5 Å². The van der Waals surface area contributed by atoms with Crippen molar-refractivity contribution in [3.05, 3.63) is 85.1 Å². The lowest BCUT2D eigenvalue weighted by Gasteiger charge is -2.18. The van der Waals surface area contributed by atoms with Crippen molar-refractivity contribution in [2.45, 2.75) is 200 Å². The molecule has 0 aliphatic heterocycles. The number of hydrogen-bond donors (Lipinski definition) is 0. The Morgan fingerprint density at radius 1 is 0.393 bits per heavy atom. The lowest BCUT2D eigenvalue weighted by Crippen LogP contribution is -2.30. The monoisotopic (exact) mass is 779 g/mol. The molecule has 6 nitrogen and oxygen atoms in total. The summed E-state index contributed by atoms with van der Waals surface area (Å²) in [7, 11) is 0. The van der Waals surface area contributed by atoms with Gasteiger partial charge in [-0.3, -0.25) is 14.4 Å². The topological polar surface area (TPSA) is 78.9 Å². The molecule has 318 valence electrons. The highest BCUT2D eigenvalue weighted by molar-refractivity contribution is 5.71. The van der Waals surface area contributed by atoms with Crippen LogP contribution >= 0.6 is 0 Å². The van der Waals surface area contributed by atoms with E-state index < -0.39 is 6.10 Å². The van der Waals surface area contributed by atoms with Crippen LogP contribution < -0.4 is 0 Å². The third kappa shape index (κ3) is 41.7. The molecule has 0 aromatic carbocycles. The average Bonchev–Trinajstić information content (AvgIpc) is 3.19. The van der Waals surface area contributed by atoms with Crippen LogP contribution in [0.2, 0.25) is 0 Å². The Balaban J connectivity index is 4.46. The Morgan fingerprint density at radius 3 is 1.30 bits per heavy atom.